The monoisotopic (exact) mass is 235 g/mol. The highest BCUT2D eigenvalue weighted by Gasteiger charge is 2.02. The Morgan fingerprint density at radius 1 is 1.00 bits per heavy atom. The minimum Gasteiger partial charge on any atom is -0.383 e. The Bertz CT molecular complexity index is 692. The van der Waals surface area contributed by atoms with Crippen LogP contribution in [0.5, 0.6) is 0 Å². The summed E-state index contributed by atoms with van der Waals surface area (Å²) in [6.45, 7) is 0. The summed E-state index contributed by atoms with van der Waals surface area (Å²) >= 11 is 0. The third kappa shape index (κ3) is 2.02. The highest BCUT2D eigenvalue weighted by atomic mass is 14.8. The van der Waals surface area contributed by atoms with Crippen molar-refractivity contribution in [1.29, 1.82) is 0 Å². The van der Waals surface area contributed by atoms with Gasteiger partial charge in [0.05, 0.1) is 5.52 Å². The highest BCUT2D eigenvalue weighted by molar-refractivity contribution is 5.78. The molecule has 0 atom stereocenters. The van der Waals surface area contributed by atoms with Gasteiger partial charge >= 0.3 is 0 Å². The zero-order valence-corrected chi connectivity index (χ0v) is 9.88. The lowest BCUT2D eigenvalue weighted by atomic mass is 10.1. The third-order valence-corrected chi connectivity index (χ3v) is 2.97. The number of hydrogen-bond donors (Lipinski definition) is 1. The first kappa shape index (κ1) is 10.7. The normalized spacial score (nSPS) is 10.7. The van der Waals surface area contributed by atoms with E-state index in [-0.39, 0.29) is 0 Å². The number of anilines is 1. The lowest BCUT2D eigenvalue weighted by Gasteiger charge is -2.05. The first-order valence-electron chi connectivity index (χ1n) is 5.86. The van der Waals surface area contributed by atoms with Crippen molar-refractivity contribution in [2.45, 2.75) is 6.42 Å². The van der Waals surface area contributed by atoms with Crippen molar-refractivity contribution in [3.8, 4) is 0 Å². The van der Waals surface area contributed by atoms with Crippen molar-refractivity contribution in [3.05, 3.63) is 66.0 Å². The van der Waals surface area contributed by atoms with Crippen molar-refractivity contribution in [2.24, 2.45) is 0 Å². The molecule has 0 fully saturated rings. The standard InChI is InChI=1S/C15H13N3/c16-15-13(5-3-7-17-15)9-11-8-12-4-1-2-6-14(12)18-10-11/h1-8,10H,9H2,(H2,16,17). The van der Waals surface area contributed by atoms with Gasteiger partial charge in [0.25, 0.3) is 0 Å². The first-order chi connectivity index (χ1) is 8.83. The van der Waals surface area contributed by atoms with Crippen LogP contribution in [0.3, 0.4) is 0 Å². The van der Waals surface area contributed by atoms with Gasteiger partial charge in [-0.2, -0.15) is 0 Å². The van der Waals surface area contributed by atoms with Gasteiger partial charge in [0, 0.05) is 24.2 Å². The maximum absolute atomic E-state index is 5.85. The Kier molecular flexibility index (Phi) is 2.65. The molecule has 1 aromatic carbocycles. The van der Waals surface area contributed by atoms with E-state index in [1.807, 2.05) is 36.5 Å². The van der Waals surface area contributed by atoms with Crippen LogP contribution >= 0.6 is 0 Å². The minimum absolute atomic E-state index is 0.589. The fourth-order valence-electron chi connectivity index (χ4n) is 2.03. The number of pyridine rings is 2. The van der Waals surface area contributed by atoms with E-state index < -0.39 is 0 Å². The van der Waals surface area contributed by atoms with Gasteiger partial charge in [-0.15, -0.1) is 0 Å². The van der Waals surface area contributed by atoms with Crippen LogP contribution in [0, 0.1) is 0 Å². The molecule has 3 rings (SSSR count). The molecule has 0 aliphatic carbocycles. The summed E-state index contributed by atoms with van der Waals surface area (Å²) in [7, 11) is 0. The van der Waals surface area contributed by atoms with Crippen LogP contribution in [-0.2, 0) is 6.42 Å². The zero-order valence-electron chi connectivity index (χ0n) is 9.88. The van der Waals surface area contributed by atoms with Gasteiger partial charge < -0.3 is 5.73 Å². The lowest BCUT2D eigenvalue weighted by Crippen LogP contribution is -1.98. The number of nitrogen functional groups attached to an aromatic ring is 1. The summed E-state index contributed by atoms with van der Waals surface area (Å²) in [6.07, 6.45) is 4.36. The van der Waals surface area contributed by atoms with E-state index in [1.165, 1.54) is 0 Å². The topological polar surface area (TPSA) is 51.8 Å². The molecule has 0 saturated carbocycles. The SMILES string of the molecule is Nc1ncccc1Cc1cnc2ccccc2c1. The number of fused-ring (bicyclic) bond motifs is 1. The molecular formula is C15H13N3. The summed E-state index contributed by atoms with van der Waals surface area (Å²) in [5, 5.41) is 1.15. The summed E-state index contributed by atoms with van der Waals surface area (Å²) in [6, 6.07) is 14.1. The van der Waals surface area contributed by atoms with Crippen molar-refractivity contribution < 1.29 is 0 Å². The van der Waals surface area contributed by atoms with Gasteiger partial charge in [-0.1, -0.05) is 24.3 Å². The van der Waals surface area contributed by atoms with E-state index in [4.69, 9.17) is 5.73 Å². The van der Waals surface area contributed by atoms with Gasteiger partial charge in [-0.3, -0.25) is 4.98 Å². The maximum Gasteiger partial charge on any atom is 0.126 e. The second-order valence-corrected chi connectivity index (χ2v) is 4.26. The van der Waals surface area contributed by atoms with Crippen molar-refractivity contribution in [2.75, 3.05) is 5.73 Å². The molecular weight excluding hydrogens is 222 g/mol. The van der Waals surface area contributed by atoms with Crippen LogP contribution < -0.4 is 5.73 Å². The minimum atomic E-state index is 0.589. The summed E-state index contributed by atoms with van der Waals surface area (Å²) in [5.41, 5.74) is 9.05. The largest absolute Gasteiger partial charge is 0.383 e. The molecule has 3 aromatic rings. The summed E-state index contributed by atoms with van der Waals surface area (Å²) in [4.78, 5) is 8.54. The Labute approximate surface area is 105 Å². The number of hydrogen-bond acceptors (Lipinski definition) is 3. The van der Waals surface area contributed by atoms with Gasteiger partial charge in [-0.05, 0) is 29.3 Å². The smallest absolute Gasteiger partial charge is 0.126 e. The number of nitrogens with two attached hydrogens (primary N) is 1. The van der Waals surface area contributed by atoms with E-state index in [9.17, 15) is 0 Å². The highest BCUT2D eigenvalue weighted by Crippen LogP contribution is 2.17. The molecule has 2 aromatic heterocycles. The number of nitrogens with zero attached hydrogens (tertiary/aromatic N) is 2. The van der Waals surface area contributed by atoms with E-state index in [0.29, 0.717) is 5.82 Å². The van der Waals surface area contributed by atoms with Crippen molar-refractivity contribution >= 4 is 16.7 Å². The molecule has 0 radical (unpaired) electrons. The molecule has 3 nitrogen and oxygen atoms in total. The lowest BCUT2D eigenvalue weighted by molar-refractivity contribution is 1.14. The molecule has 0 aliphatic heterocycles. The molecule has 3 heteroatoms. The predicted molar refractivity (Wildman–Crippen MR) is 73.2 cm³/mol. The molecule has 18 heavy (non-hydrogen) atoms. The molecule has 2 heterocycles. The van der Waals surface area contributed by atoms with Gasteiger partial charge in [0.15, 0.2) is 0 Å². The van der Waals surface area contributed by atoms with E-state index in [2.05, 4.69) is 22.1 Å². The molecule has 0 unspecified atom stereocenters. The van der Waals surface area contributed by atoms with E-state index in [0.717, 1.165) is 28.5 Å². The first-order valence-corrected chi connectivity index (χ1v) is 5.86. The Balaban J connectivity index is 1.98. The van der Waals surface area contributed by atoms with Crippen LogP contribution in [0.4, 0.5) is 5.82 Å². The number of rotatable bonds is 2. The number of aromatic nitrogens is 2. The Morgan fingerprint density at radius 2 is 1.89 bits per heavy atom. The number of para-hydroxylation sites is 1. The second-order valence-electron chi connectivity index (χ2n) is 4.26. The average Bonchev–Trinajstić information content (AvgIpc) is 2.41. The van der Waals surface area contributed by atoms with E-state index in [1.54, 1.807) is 6.20 Å². The zero-order chi connectivity index (χ0) is 12.4. The molecule has 0 amide bonds. The fourth-order valence-corrected chi connectivity index (χ4v) is 2.03. The van der Waals surface area contributed by atoms with Gasteiger partial charge in [0.1, 0.15) is 5.82 Å². The number of benzene rings is 1. The summed E-state index contributed by atoms with van der Waals surface area (Å²) < 4.78 is 0. The van der Waals surface area contributed by atoms with Crippen molar-refractivity contribution in [3.63, 3.8) is 0 Å². The quantitative estimate of drug-likeness (QED) is 0.743. The molecule has 0 bridgehead atoms. The maximum atomic E-state index is 5.85. The van der Waals surface area contributed by atoms with Gasteiger partial charge in [0.2, 0.25) is 0 Å². The fraction of sp³-hybridized carbons (Fsp3) is 0.0667. The van der Waals surface area contributed by atoms with E-state index >= 15 is 0 Å². The van der Waals surface area contributed by atoms with Crippen LogP contribution in [-0.4, -0.2) is 9.97 Å². The summed E-state index contributed by atoms with van der Waals surface area (Å²) in [5.74, 6) is 0.589. The average molecular weight is 235 g/mol. The third-order valence-electron chi connectivity index (χ3n) is 2.97. The van der Waals surface area contributed by atoms with Gasteiger partial charge in [-0.25, -0.2) is 4.98 Å². The van der Waals surface area contributed by atoms with Crippen LogP contribution in [0.25, 0.3) is 10.9 Å². The molecule has 88 valence electrons. The van der Waals surface area contributed by atoms with Crippen LogP contribution in [0.1, 0.15) is 11.1 Å². The molecule has 0 saturated heterocycles. The van der Waals surface area contributed by atoms with Crippen LogP contribution in [0.15, 0.2) is 54.9 Å². The Hall–Kier alpha value is -2.42. The second kappa shape index (κ2) is 4.45. The van der Waals surface area contributed by atoms with Crippen LogP contribution in [0.2, 0.25) is 0 Å². The molecule has 2 N–H and O–H groups in total. The molecule has 0 spiro atoms. The Morgan fingerprint density at radius 3 is 2.78 bits per heavy atom. The molecule has 0 aliphatic rings. The van der Waals surface area contributed by atoms with Crippen molar-refractivity contribution in [1.82, 2.24) is 9.97 Å². The predicted octanol–water partition coefficient (Wildman–Crippen LogP) is 2.80.